The number of hydrogen-bond donors (Lipinski definition) is 2. The molecule has 0 aliphatic carbocycles. The minimum Gasteiger partial charge on any atom is -0.374 e. The van der Waals surface area contributed by atoms with E-state index in [2.05, 4.69) is 27.8 Å². The average Bonchev–Trinajstić information content (AvgIpc) is 3.42. The van der Waals surface area contributed by atoms with Crippen LogP contribution < -0.4 is 10.6 Å². The van der Waals surface area contributed by atoms with Gasteiger partial charge < -0.3 is 19.9 Å². The summed E-state index contributed by atoms with van der Waals surface area (Å²) in [7, 11) is 1.83. The molecule has 0 bridgehead atoms. The van der Waals surface area contributed by atoms with Gasteiger partial charge in [0.25, 0.3) is 5.91 Å². The largest absolute Gasteiger partial charge is 0.374 e. The summed E-state index contributed by atoms with van der Waals surface area (Å²) in [6.45, 7) is 0.694. The number of thiazole rings is 1. The molecule has 1 fully saturated rings. The number of anilines is 1. The van der Waals surface area contributed by atoms with E-state index in [9.17, 15) is 9.59 Å². The Hall–Kier alpha value is -2.97. The molecule has 2 aromatic heterocycles. The van der Waals surface area contributed by atoms with E-state index in [0.717, 1.165) is 36.3 Å². The van der Waals surface area contributed by atoms with Crippen molar-refractivity contribution in [2.45, 2.75) is 25.4 Å². The Morgan fingerprint density at radius 3 is 2.97 bits per heavy atom. The van der Waals surface area contributed by atoms with Crippen LogP contribution in [0.25, 0.3) is 11.3 Å². The Labute approximate surface area is 179 Å². The zero-order chi connectivity index (χ0) is 20.9. The highest BCUT2D eigenvalue weighted by Crippen LogP contribution is 2.31. The third-order valence-electron chi connectivity index (χ3n) is 4.99. The summed E-state index contributed by atoms with van der Waals surface area (Å²) in [5.41, 5.74) is 3.48. The number of amides is 2. The van der Waals surface area contributed by atoms with Crippen molar-refractivity contribution in [3.63, 3.8) is 0 Å². The van der Waals surface area contributed by atoms with E-state index in [0.29, 0.717) is 10.7 Å². The van der Waals surface area contributed by atoms with Crippen molar-refractivity contribution in [1.82, 2.24) is 14.9 Å². The third kappa shape index (κ3) is 4.95. The number of carbonyl (C=O) groups excluding carboxylic acids is 2. The molecule has 2 amide bonds. The van der Waals surface area contributed by atoms with Gasteiger partial charge in [0.05, 0.1) is 23.9 Å². The first-order valence-electron chi connectivity index (χ1n) is 9.96. The molecule has 0 radical (unpaired) electrons. The van der Waals surface area contributed by atoms with Crippen LogP contribution in [0.2, 0.25) is 0 Å². The van der Waals surface area contributed by atoms with Gasteiger partial charge in [0.1, 0.15) is 0 Å². The van der Waals surface area contributed by atoms with Gasteiger partial charge in [0, 0.05) is 37.0 Å². The molecule has 1 aliphatic rings. The molecule has 8 heteroatoms. The number of aryl methyl sites for hydroxylation is 1. The zero-order valence-corrected chi connectivity index (χ0v) is 17.6. The summed E-state index contributed by atoms with van der Waals surface area (Å²) < 4.78 is 7.66. The van der Waals surface area contributed by atoms with Crippen molar-refractivity contribution in [3.05, 3.63) is 59.2 Å². The number of ether oxygens (including phenoxy) is 1. The van der Waals surface area contributed by atoms with E-state index in [-0.39, 0.29) is 24.5 Å². The molecule has 156 valence electrons. The fourth-order valence-corrected chi connectivity index (χ4v) is 4.17. The molecular formula is C22H24N4O3S. The Morgan fingerprint density at radius 1 is 1.30 bits per heavy atom. The molecule has 0 saturated carbocycles. The molecule has 30 heavy (non-hydrogen) atoms. The number of aromatic nitrogens is 2. The lowest BCUT2D eigenvalue weighted by Gasteiger charge is -2.23. The molecule has 1 aliphatic heterocycles. The number of carbonyl (C=O) groups is 2. The number of hydrogen-bond acceptors (Lipinski definition) is 5. The summed E-state index contributed by atoms with van der Waals surface area (Å²) in [5.74, 6) is -0.600. The lowest BCUT2D eigenvalue weighted by Crippen LogP contribution is -2.32. The minimum atomic E-state index is -0.315. The Balaban J connectivity index is 1.34. The van der Waals surface area contributed by atoms with Crippen molar-refractivity contribution in [1.29, 1.82) is 0 Å². The van der Waals surface area contributed by atoms with Gasteiger partial charge in [-0.25, -0.2) is 4.98 Å². The molecule has 7 nitrogen and oxygen atoms in total. The van der Waals surface area contributed by atoms with Crippen LogP contribution in [-0.2, 0) is 16.6 Å². The van der Waals surface area contributed by atoms with E-state index >= 15 is 0 Å². The molecule has 1 atom stereocenters. The van der Waals surface area contributed by atoms with Gasteiger partial charge in [-0.2, -0.15) is 0 Å². The smallest absolute Gasteiger partial charge is 0.253 e. The average molecular weight is 425 g/mol. The number of nitrogens with zero attached hydrogens (tertiary/aromatic N) is 2. The first-order valence-corrected chi connectivity index (χ1v) is 10.8. The highest BCUT2D eigenvalue weighted by atomic mass is 32.1. The van der Waals surface area contributed by atoms with E-state index in [4.69, 9.17) is 4.74 Å². The highest BCUT2D eigenvalue weighted by molar-refractivity contribution is 7.14. The van der Waals surface area contributed by atoms with Gasteiger partial charge in [-0.15, -0.1) is 11.3 Å². The Bertz CT molecular complexity index is 1040. The van der Waals surface area contributed by atoms with Gasteiger partial charge in [0.15, 0.2) is 5.13 Å². The Kier molecular flexibility index (Phi) is 6.25. The second-order valence-corrected chi connectivity index (χ2v) is 8.17. The third-order valence-corrected chi connectivity index (χ3v) is 5.75. The van der Waals surface area contributed by atoms with Crippen LogP contribution in [-0.4, -0.2) is 34.5 Å². The van der Waals surface area contributed by atoms with Crippen molar-refractivity contribution in [2.24, 2.45) is 7.05 Å². The molecular weight excluding hydrogens is 400 g/mol. The quantitative estimate of drug-likeness (QED) is 0.631. The van der Waals surface area contributed by atoms with E-state index < -0.39 is 0 Å². The van der Waals surface area contributed by atoms with E-state index in [1.54, 1.807) is 23.0 Å². The number of nitrogens with one attached hydrogen (secondary N) is 2. The lowest BCUT2D eigenvalue weighted by atomic mass is 9.99. The molecule has 2 N–H and O–H groups in total. The zero-order valence-electron chi connectivity index (χ0n) is 16.8. The fraction of sp³-hybridized carbons (Fsp3) is 0.318. The van der Waals surface area contributed by atoms with Gasteiger partial charge in [-0.05, 0) is 37.0 Å². The first-order chi connectivity index (χ1) is 14.6. The molecule has 0 unspecified atom stereocenters. The number of benzene rings is 1. The van der Waals surface area contributed by atoms with Crippen LogP contribution in [0, 0.1) is 0 Å². The van der Waals surface area contributed by atoms with Crippen LogP contribution >= 0.6 is 11.3 Å². The SMILES string of the molecule is Cn1ccc(C(=O)NCC(=O)Nc2nc(-c3cccc([C@H]4CCCCO4)c3)cs2)c1. The molecule has 3 aromatic rings. The second-order valence-electron chi connectivity index (χ2n) is 7.32. The maximum Gasteiger partial charge on any atom is 0.253 e. The standard InChI is InChI=1S/C22H24N4O3S/c1-26-9-8-17(13-26)21(28)23-12-20(27)25-22-24-18(14-30-22)15-5-4-6-16(11-15)19-7-2-3-10-29-19/h4-6,8-9,11,13-14,19H,2-3,7,10,12H2,1H3,(H,23,28)(H,24,25,27)/t19-/m1/s1. The summed E-state index contributed by atoms with van der Waals surface area (Å²) in [6.07, 6.45) is 6.97. The van der Waals surface area contributed by atoms with Crippen LogP contribution in [0.1, 0.15) is 41.3 Å². The van der Waals surface area contributed by atoms with Crippen molar-refractivity contribution < 1.29 is 14.3 Å². The molecule has 0 spiro atoms. The summed E-state index contributed by atoms with van der Waals surface area (Å²) in [5, 5.41) is 7.78. The molecule has 1 aromatic carbocycles. The maximum absolute atomic E-state index is 12.2. The van der Waals surface area contributed by atoms with Gasteiger partial charge in [0.2, 0.25) is 5.91 Å². The van der Waals surface area contributed by atoms with Crippen LogP contribution in [0.15, 0.2) is 48.1 Å². The van der Waals surface area contributed by atoms with Gasteiger partial charge >= 0.3 is 0 Å². The monoisotopic (exact) mass is 424 g/mol. The molecule has 3 heterocycles. The minimum absolute atomic E-state index is 0.114. The fourth-order valence-electron chi connectivity index (χ4n) is 3.43. The van der Waals surface area contributed by atoms with Crippen molar-refractivity contribution in [3.8, 4) is 11.3 Å². The normalized spacial score (nSPS) is 16.2. The van der Waals surface area contributed by atoms with Gasteiger partial charge in [-0.1, -0.05) is 18.2 Å². The van der Waals surface area contributed by atoms with Gasteiger partial charge in [-0.3, -0.25) is 9.59 Å². The predicted octanol–water partition coefficient (Wildman–Crippen LogP) is 3.76. The van der Waals surface area contributed by atoms with Crippen molar-refractivity contribution >= 4 is 28.3 Å². The van der Waals surface area contributed by atoms with E-state index in [1.807, 2.05) is 24.6 Å². The number of rotatable bonds is 6. The molecule has 1 saturated heterocycles. The Morgan fingerprint density at radius 2 is 2.20 bits per heavy atom. The van der Waals surface area contributed by atoms with E-state index in [1.165, 1.54) is 17.8 Å². The topological polar surface area (TPSA) is 85.3 Å². The highest BCUT2D eigenvalue weighted by Gasteiger charge is 2.17. The summed E-state index contributed by atoms with van der Waals surface area (Å²) >= 11 is 1.36. The van der Waals surface area contributed by atoms with Crippen LogP contribution in [0.5, 0.6) is 0 Å². The second kappa shape index (κ2) is 9.23. The van der Waals surface area contributed by atoms with Crippen LogP contribution in [0.3, 0.4) is 0 Å². The molecule has 4 rings (SSSR count). The maximum atomic E-state index is 12.2. The predicted molar refractivity (Wildman–Crippen MR) is 116 cm³/mol. The van der Waals surface area contributed by atoms with Crippen molar-refractivity contribution in [2.75, 3.05) is 18.5 Å². The lowest BCUT2D eigenvalue weighted by molar-refractivity contribution is -0.115. The van der Waals surface area contributed by atoms with Crippen LogP contribution in [0.4, 0.5) is 5.13 Å². The first kappa shape index (κ1) is 20.3. The summed E-state index contributed by atoms with van der Waals surface area (Å²) in [6, 6.07) is 9.92. The summed E-state index contributed by atoms with van der Waals surface area (Å²) in [4.78, 5) is 28.7.